The average molecular weight is 251 g/mol. The molecule has 0 aromatic carbocycles. The number of aromatic nitrogens is 2. The Labute approximate surface area is 108 Å². The number of anilines is 1. The number of rotatable bonds is 4. The van der Waals surface area contributed by atoms with E-state index in [0.29, 0.717) is 5.82 Å². The molecule has 1 unspecified atom stereocenters. The lowest BCUT2D eigenvalue weighted by molar-refractivity contribution is -0.0529. The summed E-state index contributed by atoms with van der Waals surface area (Å²) in [6, 6.07) is 0. The molecule has 1 saturated heterocycles. The number of likely N-dealkylation sites (tertiary alicyclic amines) is 1. The van der Waals surface area contributed by atoms with Gasteiger partial charge in [0.05, 0.1) is 23.7 Å². The molecule has 1 atom stereocenters. The number of ether oxygens (including phenoxy) is 1. The smallest absolute Gasteiger partial charge is 0.158 e. The van der Waals surface area contributed by atoms with E-state index in [2.05, 4.69) is 27.2 Å². The van der Waals surface area contributed by atoms with Crippen LogP contribution >= 0.6 is 0 Å². The largest absolute Gasteiger partial charge is 0.377 e. The van der Waals surface area contributed by atoms with Gasteiger partial charge in [-0.15, -0.1) is 0 Å². The molecule has 1 aromatic heterocycles. The predicted octanol–water partition coefficient (Wildman–Crippen LogP) is 0.763. The van der Waals surface area contributed by atoms with Crippen molar-refractivity contribution in [1.29, 1.82) is 0 Å². The minimum atomic E-state index is -0.0373. The van der Waals surface area contributed by atoms with E-state index < -0.39 is 0 Å². The lowest BCUT2D eigenvalue weighted by Gasteiger charge is -2.39. The van der Waals surface area contributed by atoms with Crippen molar-refractivity contribution in [3.05, 3.63) is 18.1 Å². The summed E-state index contributed by atoms with van der Waals surface area (Å²) in [5.74, 6) is 5.84. The summed E-state index contributed by atoms with van der Waals surface area (Å²) in [5, 5.41) is 0. The molecule has 0 radical (unpaired) electrons. The maximum Gasteiger partial charge on any atom is 0.158 e. The Morgan fingerprint density at radius 3 is 2.94 bits per heavy atom. The van der Waals surface area contributed by atoms with Gasteiger partial charge in [-0.3, -0.25) is 9.88 Å². The van der Waals surface area contributed by atoms with Crippen molar-refractivity contribution in [3.63, 3.8) is 0 Å². The van der Waals surface area contributed by atoms with E-state index in [1.165, 1.54) is 0 Å². The van der Waals surface area contributed by atoms with Crippen LogP contribution in [0.3, 0.4) is 0 Å². The molecule has 0 bridgehead atoms. The molecule has 1 fully saturated rings. The second-order valence-electron chi connectivity index (χ2n) is 5.01. The van der Waals surface area contributed by atoms with Crippen molar-refractivity contribution >= 4 is 5.82 Å². The maximum atomic E-state index is 5.58. The van der Waals surface area contributed by atoms with Crippen molar-refractivity contribution in [3.8, 4) is 0 Å². The summed E-state index contributed by atoms with van der Waals surface area (Å²) in [7, 11) is 1.78. The van der Waals surface area contributed by atoms with Gasteiger partial charge in [-0.2, -0.15) is 0 Å². The highest BCUT2D eigenvalue weighted by Crippen LogP contribution is 2.24. The number of hydrazine groups is 1. The fourth-order valence-corrected chi connectivity index (χ4v) is 2.35. The highest BCUT2D eigenvalue weighted by molar-refractivity contribution is 5.28. The zero-order valence-corrected chi connectivity index (χ0v) is 11.0. The van der Waals surface area contributed by atoms with Crippen LogP contribution in [-0.2, 0) is 11.3 Å². The molecule has 0 spiro atoms. The summed E-state index contributed by atoms with van der Waals surface area (Å²) in [6.07, 6.45) is 5.67. The Bertz CT molecular complexity index is 383. The summed E-state index contributed by atoms with van der Waals surface area (Å²) in [5.41, 5.74) is 3.39. The molecule has 100 valence electrons. The van der Waals surface area contributed by atoms with Crippen molar-refractivity contribution in [2.75, 3.05) is 25.6 Å². The second-order valence-corrected chi connectivity index (χ2v) is 5.01. The predicted molar refractivity (Wildman–Crippen MR) is 69.8 cm³/mol. The molecule has 2 heterocycles. The van der Waals surface area contributed by atoms with Crippen LogP contribution in [0.25, 0.3) is 0 Å². The number of piperidine rings is 1. The zero-order valence-electron chi connectivity index (χ0n) is 11.0. The molecule has 0 aliphatic carbocycles. The van der Waals surface area contributed by atoms with Gasteiger partial charge in [0, 0.05) is 20.2 Å². The number of nitrogens with zero attached hydrogens (tertiary/aromatic N) is 3. The number of hydrogen-bond donors (Lipinski definition) is 2. The summed E-state index contributed by atoms with van der Waals surface area (Å²) >= 11 is 0. The van der Waals surface area contributed by atoms with E-state index in [4.69, 9.17) is 10.6 Å². The van der Waals surface area contributed by atoms with Gasteiger partial charge >= 0.3 is 0 Å². The van der Waals surface area contributed by atoms with Crippen LogP contribution in [0.15, 0.2) is 12.4 Å². The first kappa shape index (κ1) is 13.2. The molecular formula is C12H21N5O. The van der Waals surface area contributed by atoms with E-state index in [9.17, 15) is 0 Å². The molecule has 6 heteroatoms. The zero-order chi connectivity index (χ0) is 13.0. The number of nitrogens with two attached hydrogens (primary N) is 1. The van der Waals surface area contributed by atoms with Gasteiger partial charge in [0.15, 0.2) is 5.82 Å². The van der Waals surface area contributed by atoms with Gasteiger partial charge in [-0.25, -0.2) is 10.8 Å². The molecule has 0 saturated carbocycles. The molecular weight excluding hydrogens is 230 g/mol. The van der Waals surface area contributed by atoms with Crippen molar-refractivity contribution in [2.45, 2.75) is 31.9 Å². The third kappa shape index (κ3) is 3.16. The minimum Gasteiger partial charge on any atom is -0.377 e. The Morgan fingerprint density at radius 2 is 2.33 bits per heavy atom. The Balaban J connectivity index is 1.96. The van der Waals surface area contributed by atoms with Crippen LogP contribution < -0.4 is 11.3 Å². The van der Waals surface area contributed by atoms with Crippen LogP contribution in [0.4, 0.5) is 5.82 Å². The lowest BCUT2D eigenvalue weighted by Crippen LogP contribution is -2.46. The molecule has 1 aromatic rings. The van der Waals surface area contributed by atoms with Gasteiger partial charge in [-0.1, -0.05) is 0 Å². The van der Waals surface area contributed by atoms with Gasteiger partial charge in [0.25, 0.3) is 0 Å². The summed E-state index contributed by atoms with van der Waals surface area (Å²) in [6.45, 7) is 4.97. The number of nitrogen functional groups attached to an aromatic ring is 1. The Kier molecular flexibility index (Phi) is 4.11. The number of hydrogen-bond acceptors (Lipinski definition) is 6. The number of nitrogens with one attached hydrogen (secondary N) is 1. The van der Waals surface area contributed by atoms with Crippen molar-refractivity contribution in [2.24, 2.45) is 5.84 Å². The first-order valence-corrected chi connectivity index (χ1v) is 6.20. The Morgan fingerprint density at radius 1 is 1.50 bits per heavy atom. The highest BCUT2D eigenvalue weighted by atomic mass is 16.5. The van der Waals surface area contributed by atoms with E-state index in [1.807, 2.05) is 0 Å². The third-order valence-corrected chi connectivity index (χ3v) is 3.47. The van der Waals surface area contributed by atoms with Crippen LogP contribution in [0.5, 0.6) is 0 Å². The van der Waals surface area contributed by atoms with Gasteiger partial charge < -0.3 is 10.2 Å². The average Bonchev–Trinajstić information content (AvgIpc) is 2.40. The Hall–Kier alpha value is -1.24. The molecule has 18 heavy (non-hydrogen) atoms. The van der Waals surface area contributed by atoms with Crippen LogP contribution in [0.1, 0.15) is 25.5 Å². The first-order valence-electron chi connectivity index (χ1n) is 6.20. The standard InChI is InChI=1S/C12H21N5O/c1-12(18-2)4-3-5-17(9-12)8-10-6-15-11(16-13)7-14-10/h6-7H,3-5,8-9,13H2,1-2H3,(H,15,16). The molecule has 2 rings (SSSR count). The molecule has 1 aliphatic heterocycles. The van der Waals surface area contributed by atoms with E-state index in [-0.39, 0.29) is 5.60 Å². The summed E-state index contributed by atoms with van der Waals surface area (Å²) in [4.78, 5) is 10.8. The van der Waals surface area contributed by atoms with Crippen LogP contribution in [-0.4, -0.2) is 40.7 Å². The van der Waals surface area contributed by atoms with Crippen LogP contribution in [0, 0.1) is 0 Å². The van der Waals surface area contributed by atoms with E-state index in [0.717, 1.165) is 38.2 Å². The SMILES string of the molecule is COC1(C)CCCN(Cc2cnc(NN)cn2)C1. The van der Waals surface area contributed by atoms with Crippen LogP contribution in [0.2, 0.25) is 0 Å². The third-order valence-electron chi connectivity index (χ3n) is 3.47. The topological polar surface area (TPSA) is 76.3 Å². The maximum absolute atomic E-state index is 5.58. The molecule has 1 aliphatic rings. The van der Waals surface area contributed by atoms with E-state index in [1.54, 1.807) is 19.5 Å². The second kappa shape index (κ2) is 5.60. The van der Waals surface area contributed by atoms with Gasteiger partial charge in [-0.05, 0) is 26.3 Å². The van der Waals surface area contributed by atoms with Crippen molar-refractivity contribution in [1.82, 2.24) is 14.9 Å². The van der Waals surface area contributed by atoms with Gasteiger partial charge in [0.2, 0.25) is 0 Å². The highest BCUT2D eigenvalue weighted by Gasteiger charge is 2.30. The fraction of sp³-hybridized carbons (Fsp3) is 0.667. The first-order chi connectivity index (χ1) is 8.65. The van der Waals surface area contributed by atoms with Crippen molar-refractivity contribution < 1.29 is 4.74 Å². The lowest BCUT2D eigenvalue weighted by atomic mass is 9.95. The monoisotopic (exact) mass is 251 g/mol. The van der Waals surface area contributed by atoms with Gasteiger partial charge in [0.1, 0.15) is 0 Å². The minimum absolute atomic E-state index is 0.0373. The molecule has 0 amide bonds. The van der Waals surface area contributed by atoms with E-state index >= 15 is 0 Å². The molecule has 3 N–H and O–H groups in total. The normalized spacial score (nSPS) is 25.1. The summed E-state index contributed by atoms with van der Waals surface area (Å²) < 4.78 is 5.58. The molecule has 6 nitrogen and oxygen atoms in total. The fourth-order valence-electron chi connectivity index (χ4n) is 2.35. The number of methoxy groups -OCH3 is 1. The quantitative estimate of drug-likeness (QED) is 0.608.